The van der Waals surface area contributed by atoms with Crippen molar-refractivity contribution in [3.05, 3.63) is 108 Å². The molecule has 0 aromatic heterocycles. The number of carbonyl (C=O) groups excluding carboxylic acids is 1. The first-order chi connectivity index (χ1) is 15.3. The Morgan fingerprint density at radius 2 is 1.61 bits per heavy atom. The lowest BCUT2D eigenvalue weighted by Gasteiger charge is -2.38. The quantitative estimate of drug-likeness (QED) is 0.440. The fraction of sp³-hybridized carbons (Fsp3) is 0.148. The molecule has 1 aliphatic rings. The molecule has 0 radical (unpaired) electrons. The van der Waals surface area contributed by atoms with Crippen molar-refractivity contribution in [2.45, 2.75) is 19.7 Å². The van der Waals surface area contributed by atoms with Gasteiger partial charge in [0.25, 0.3) is 5.91 Å². The second-order valence-electron chi connectivity index (χ2n) is 7.66. The van der Waals surface area contributed by atoms with Crippen LogP contribution in [0.25, 0.3) is 10.8 Å². The number of nitrogens with zero attached hydrogens (tertiary/aromatic N) is 1. The van der Waals surface area contributed by atoms with Crippen molar-refractivity contribution < 1.29 is 9.53 Å². The molecular formula is C27H24N2O2. The van der Waals surface area contributed by atoms with Gasteiger partial charge in [-0.25, -0.2) is 0 Å². The lowest BCUT2D eigenvalue weighted by molar-refractivity contribution is 0.0693. The number of anilines is 1. The van der Waals surface area contributed by atoms with Crippen LogP contribution in [-0.4, -0.2) is 17.4 Å². The summed E-state index contributed by atoms with van der Waals surface area (Å²) in [4.78, 5) is 15.2. The standard InChI is InChI=1S/C27H24N2O2/c1-2-29-26(28-23-15-9-8-14-22(23)27(29)30)25-21-13-7-6-12-20(21)16-17-24(25)31-18-19-10-4-3-5-11-19/h3-17,26,28H,2,18H2,1H3. The Bertz CT molecular complexity index is 1240. The van der Waals surface area contributed by atoms with E-state index in [0.29, 0.717) is 18.7 Å². The first-order valence-electron chi connectivity index (χ1n) is 10.6. The van der Waals surface area contributed by atoms with E-state index in [4.69, 9.17) is 4.74 Å². The summed E-state index contributed by atoms with van der Waals surface area (Å²) >= 11 is 0. The highest BCUT2D eigenvalue weighted by Crippen LogP contribution is 2.40. The van der Waals surface area contributed by atoms with Gasteiger partial charge in [0, 0.05) is 17.8 Å². The fourth-order valence-corrected chi connectivity index (χ4v) is 4.27. The third kappa shape index (κ3) is 3.50. The van der Waals surface area contributed by atoms with Gasteiger partial charge in [0.15, 0.2) is 0 Å². The Labute approximate surface area is 182 Å². The lowest BCUT2D eigenvalue weighted by Crippen LogP contribution is -2.43. The molecular weight excluding hydrogens is 384 g/mol. The van der Waals surface area contributed by atoms with Crippen LogP contribution in [-0.2, 0) is 6.61 Å². The molecule has 0 spiro atoms. The Kier molecular flexibility index (Phi) is 5.04. The minimum Gasteiger partial charge on any atom is -0.488 e. The van der Waals surface area contributed by atoms with Crippen molar-refractivity contribution in [2.24, 2.45) is 0 Å². The highest BCUT2D eigenvalue weighted by atomic mass is 16.5. The highest BCUT2D eigenvalue weighted by molar-refractivity contribution is 6.02. The molecule has 0 fully saturated rings. The summed E-state index contributed by atoms with van der Waals surface area (Å²) in [6.45, 7) is 3.07. The summed E-state index contributed by atoms with van der Waals surface area (Å²) in [5.41, 5.74) is 3.64. The molecule has 154 valence electrons. The first kappa shape index (κ1) is 19.2. The van der Waals surface area contributed by atoms with E-state index < -0.39 is 0 Å². The van der Waals surface area contributed by atoms with Crippen LogP contribution in [0.5, 0.6) is 5.75 Å². The van der Waals surface area contributed by atoms with Gasteiger partial charge in [-0.1, -0.05) is 72.8 Å². The number of fused-ring (bicyclic) bond motifs is 2. The zero-order chi connectivity index (χ0) is 21.2. The Balaban J connectivity index is 1.62. The number of benzene rings is 4. The molecule has 31 heavy (non-hydrogen) atoms. The van der Waals surface area contributed by atoms with E-state index in [2.05, 4.69) is 35.6 Å². The van der Waals surface area contributed by atoms with Gasteiger partial charge in [0.05, 0.1) is 5.56 Å². The van der Waals surface area contributed by atoms with Crippen molar-refractivity contribution in [3.63, 3.8) is 0 Å². The van der Waals surface area contributed by atoms with Gasteiger partial charge in [0.2, 0.25) is 0 Å². The smallest absolute Gasteiger partial charge is 0.257 e. The molecule has 5 rings (SSSR count). The van der Waals surface area contributed by atoms with Crippen LogP contribution < -0.4 is 10.1 Å². The largest absolute Gasteiger partial charge is 0.488 e. The molecule has 1 heterocycles. The Morgan fingerprint density at radius 3 is 2.45 bits per heavy atom. The number of rotatable bonds is 5. The molecule has 1 aliphatic heterocycles. The van der Waals surface area contributed by atoms with E-state index >= 15 is 0 Å². The zero-order valence-corrected chi connectivity index (χ0v) is 17.4. The maximum atomic E-state index is 13.3. The van der Waals surface area contributed by atoms with E-state index in [0.717, 1.165) is 33.3 Å². The number of hydrogen-bond donors (Lipinski definition) is 1. The number of carbonyl (C=O) groups is 1. The predicted octanol–water partition coefficient (Wildman–Crippen LogP) is 6.01. The van der Waals surface area contributed by atoms with Crippen molar-refractivity contribution in [1.82, 2.24) is 4.90 Å². The molecule has 0 bridgehead atoms. The molecule has 0 aliphatic carbocycles. The van der Waals surface area contributed by atoms with Gasteiger partial charge < -0.3 is 15.0 Å². The molecule has 0 saturated heterocycles. The molecule has 1 N–H and O–H groups in total. The van der Waals surface area contributed by atoms with Gasteiger partial charge in [-0.2, -0.15) is 0 Å². The normalized spacial score (nSPS) is 15.5. The number of para-hydroxylation sites is 1. The van der Waals surface area contributed by atoms with E-state index in [-0.39, 0.29) is 12.1 Å². The third-order valence-corrected chi connectivity index (χ3v) is 5.80. The maximum absolute atomic E-state index is 13.3. The number of hydrogen-bond acceptors (Lipinski definition) is 3. The van der Waals surface area contributed by atoms with Crippen molar-refractivity contribution in [2.75, 3.05) is 11.9 Å². The van der Waals surface area contributed by atoms with Crippen molar-refractivity contribution in [1.29, 1.82) is 0 Å². The molecule has 1 atom stereocenters. The second-order valence-corrected chi connectivity index (χ2v) is 7.66. The summed E-state index contributed by atoms with van der Waals surface area (Å²) in [6.07, 6.45) is -0.315. The minimum absolute atomic E-state index is 0.0313. The van der Waals surface area contributed by atoms with Crippen LogP contribution in [0.4, 0.5) is 5.69 Å². The van der Waals surface area contributed by atoms with Crippen LogP contribution in [0, 0.1) is 0 Å². The average molecular weight is 409 g/mol. The van der Waals surface area contributed by atoms with Crippen molar-refractivity contribution in [3.8, 4) is 5.75 Å². The van der Waals surface area contributed by atoms with Gasteiger partial charge >= 0.3 is 0 Å². The van der Waals surface area contributed by atoms with Crippen molar-refractivity contribution >= 4 is 22.4 Å². The molecule has 4 aromatic rings. The minimum atomic E-state index is -0.315. The first-order valence-corrected chi connectivity index (χ1v) is 10.6. The zero-order valence-electron chi connectivity index (χ0n) is 17.4. The maximum Gasteiger partial charge on any atom is 0.257 e. The lowest BCUT2D eigenvalue weighted by atomic mass is 9.97. The average Bonchev–Trinajstić information content (AvgIpc) is 2.83. The van der Waals surface area contributed by atoms with E-state index in [1.54, 1.807) is 0 Å². The third-order valence-electron chi connectivity index (χ3n) is 5.80. The van der Waals surface area contributed by atoms with Crippen LogP contribution in [0.1, 0.15) is 34.6 Å². The van der Waals surface area contributed by atoms with Crippen LogP contribution in [0.2, 0.25) is 0 Å². The summed E-state index contributed by atoms with van der Waals surface area (Å²) in [5, 5.41) is 5.80. The van der Waals surface area contributed by atoms with E-state index in [1.807, 2.05) is 72.5 Å². The van der Waals surface area contributed by atoms with Crippen LogP contribution in [0.3, 0.4) is 0 Å². The van der Waals surface area contributed by atoms with Gasteiger partial charge in [0.1, 0.15) is 18.5 Å². The SMILES string of the molecule is CCN1C(=O)c2ccccc2NC1c1c(OCc2ccccc2)ccc2ccccc12. The predicted molar refractivity (Wildman–Crippen MR) is 124 cm³/mol. The molecule has 1 amide bonds. The molecule has 4 nitrogen and oxygen atoms in total. The van der Waals surface area contributed by atoms with Crippen LogP contribution >= 0.6 is 0 Å². The van der Waals surface area contributed by atoms with Gasteiger partial charge in [-0.05, 0) is 41.5 Å². The van der Waals surface area contributed by atoms with E-state index in [1.165, 1.54) is 0 Å². The summed E-state index contributed by atoms with van der Waals surface area (Å²) in [6, 6.07) is 30.2. The molecule has 0 saturated carbocycles. The summed E-state index contributed by atoms with van der Waals surface area (Å²) in [5.74, 6) is 0.814. The van der Waals surface area contributed by atoms with Gasteiger partial charge in [-0.3, -0.25) is 4.79 Å². The second kappa shape index (κ2) is 8.15. The Morgan fingerprint density at radius 1 is 0.871 bits per heavy atom. The highest BCUT2D eigenvalue weighted by Gasteiger charge is 2.34. The summed E-state index contributed by atoms with van der Waals surface area (Å²) < 4.78 is 6.32. The summed E-state index contributed by atoms with van der Waals surface area (Å²) in [7, 11) is 0. The number of ether oxygens (including phenoxy) is 1. The monoisotopic (exact) mass is 408 g/mol. The molecule has 1 unspecified atom stereocenters. The fourth-order valence-electron chi connectivity index (χ4n) is 4.27. The number of amides is 1. The molecule has 4 aromatic carbocycles. The van der Waals surface area contributed by atoms with E-state index in [9.17, 15) is 4.79 Å². The number of nitrogens with one attached hydrogen (secondary N) is 1. The molecule has 4 heteroatoms. The Hall–Kier alpha value is -3.79. The topological polar surface area (TPSA) is 41.6 Å². The van der Waals surface area contributed by atoms with Gasteiger partial charge in [-0.15, -0.1) is 0 Å². The van der Waals surface area contributed by atoms with Crippen LogP contribution in [0.15, 0.2) is 91.0 Å².